The van der Waals surface area contributed by atoms with Gasteiger partial charge in [-0.05, 0) is 35.1 Å². The first-order valence-corrected chi connectivity index (χ1v) is 6.40. The molecule has 2 N–H and O–H groups in total. The Morgan fingerprint density at radius 2 is 2.20 bits per heavy atom. The lowest BCUT2D eigenvalue weighted by Gasteiger charge is -2.02. The second-order valence-electron chi connectivity index (χ2n) is 3.14. The van der Waals surface area contributed by atoms with Gasteiger partial charge in [-0.2, -0.15) is 0 Å². The van der Waals surface area contributed by atoms with Gasteiger partial charge in [-0.3, -0.25) is 0 Å². The molecule has 0 aliphatic heterocycles. The highest BCUT2D eigenvalue weighted by molar-refractivity contribution is 14.1. The van der Waals surface area contributed by atoms with E-state index in [2.05, 4.69) is 51.8 Å². The molecule has 0 bridgehead atoms. The molecule has 0 unspecified atom stereocenters. The molecule has 3 nitrogen and oxygen atoms in total. The van der Waals surface area contributed by atoms with Crippen LogP contribution in [0.4, 0.5) is 0 Å². The molecule has 1 aromatic heterocycles. The van der Waals surface area contributed by atoms with Crippen LogP contribution in [0.2, 0.25) is 0 Å². The summed E-state index contributed by atoms with van der Waals surface area (Å²) in [7, 11) is 0. The highest BCUT2D eigenvalue weighted by Gasteiger charge is 2.09. The van der Waals surface area contributed by atoms with Crippen molar-refractivity contribution in [3.8, 4) is 10.6 Å². The van der Waals surface area contributed by atoms with Crippen molar-refractivity contribution in [1.29, 1.82) is 0 Å². The largest absolute Gasteiger partial charge is 0.324 e. The monoisotopic (exact) mass is 331 g/mol. The summed E-state index contributed by atoms with van der Waals surface area (Å²) in [6, 6.07) is 6.20. The van der Waals surface area contributed by atoms with Crippen LogP contribution >= 0.6 is 33.9 Å². The second kappa shape index (κ2) is 4.54. The van der Waals surface area contributed by atoms with E-state index in [1.54, 1.807) is 11.3 Å². The smallest absolute Gasteiger partial charge is 0.148 e. The minimum atomic E-state index is 0.458. The Morgan fingerprint density at radius 3 is 2.87 bits per heavy atom. The maximum absolute atomic E-state index is 5.52. The van der Waals surface area contributed by atoms with Gasteiger partial charge in [-0.15, -0.1) is 10.2 Å². The van der Waals surface area contributed by atoms with Gasteiger partial charge >= 0.3 is 0 Å². The first-order chi connectivity index (χ1) is 7.22. The van der Waals surface area contributed by atoms with E-state index in [-0.39, 0.29) is 0 Å². The lowest BCUT2D eigenvalue weighted by atomic mass is 10.1. The Labute approximate surface area is 106 Å². The lowest BCUT2D eigenvalue weighted by molar-refractivity contribution is 0.960. The summed E-state index contributed by atoms with van der Waals surface area (Å²) in [5.74, 6) is 0. The number of benzene rings is 1. The van der Waals surface area contributed by atoms with Crippen molar-refractivity contribution in [2.24, 2.45) is 5.73 Å². The van der Waals surface area contributed by atoms with Crippen molar-refractivity contribution in [1.82, 2.24) is 10.2 Å². The lowest BCUT2D eigenvalue weighted by Crippen LogP contribution is -1.94. The quantitative estimate of drug-likeness (QED) is 0.861. The molecule has 2 aromatic rings. The van der Waals surface area contributed by atoms with Gasteiger partial charge in [0.2, 0.25) is 0 Å². The summed E-state index contributed by atoms with van der Waals surface area (Å²) in [6.45, 7) is 2.55. The molecule has 0 amide bonds. The Bertz CT molecular complexity index is 481. The number of aryl methyl sites for hydroxylation is 1. The van der Waals surface area contributed by atoms with Crippen LogP contribution in [0.3, 0.4) is 0 Å². The molecule has 1 heterocycles. The van der Waals surface area contributed by atoms with Crippen LogP contribution < -0.4 is 5.73 Å². The molecule has 78 valence electrons. The zero-order valence-corrected chi connectivity index (χ0v) is 11.2. The van der Waals surface area contributed by atoms with Crippen molar-refractivity contribution in [2.45, 2.75) is 13.5 Å². The molecule has 0 atom stereocenters. The van der Waals surface area contributed by atoms with E-state index in [9.17, 15) is 0 Å². The minimum Gasteiger partial charge on any atom is -0.324 e. The molecule has 5 heteroatoms. The van der Waals surface area contributed by atoms with E-state index < -0.39 is 0 Å². The number of hydrogen-bond acceptors (Lipinski definition) is 4. The third-order valence-corrected chi connectivity index (χ3v) is 4.47. The molecule has 0 radical (unpaired) electrons. The standard InChI is InChI=1S/C10H10IN3S/c1-6-3-2-4-7(9(6)11)10-14-13-8(5-12)15-10/h2-4H,5,12H2,1H3. The molecular weight excluding hydrogens is 321 g/mol. The maximum Gasteiger partial charge on any atom is 0.148 e. The van der Waals surface area contributed by atoms with Crippen LogP contribution in [-0.2, 0) is 6.54 Å². The zero-order valence-electron chi connectivity index (χ0n) is 8.20. The molecule has 0 aliphatic carbocycles. The first kappa shape index (κ1) is 11.0. The van der Waals surface area contributed by atoms with E-state index in [0.29, 0.717) is 6.54 Å². The number of hydrogen-bond donors (Lipinski definition) is 1. The van der Waals surface area contributed by atoms with Crippen molar-refractivity contribution in [3.63, 3.8) is 0 Å². The molecule has 0 aliphatic rings. The summed E-state index contributed by atoms with van der Waals surface area (Å²) in [4.78, 5) is 0. The highest BCUT2D eigenvalue weighted by atomic mass is 127. The minimum absolute atomic E-state index is 0.458. The fourth-order valence-electron chi connectivity index (χ4n) is 1.26. The predicted molar refractivity (Wildman–Crippen MR) is 70.7 cm³/mol. The number of rotatable bonds is 2. The van der Waals surface area contributed by atoms with Gasteiger partial charge in [0, 0.05) is 15.7 Å². The van der Waals surface area contributed by atoms with Gasteiger partial charge in [0.05, 0.1) is 0 Å². The van der Waals surface area contributed by atoms with Crippen LogP contribution in [0.25, 0.3) is 10.6 Å². The molecule has 1 aromatic carbocycles. The van der Waals surface area contributed by atoms with Crippen LogP contribution in [-0.4, -0.2) is 10.2 Å². The zero-order chi connectivity index (χ0) is 10.8. The molecule has 15 heavy (non-hydrogen) atoms. The average molecular weight is 331 g/mol. The summed E-state index contributed by atoms with van der Waals surface area (Å²) in [5.41, 5.74) is 7.92. The van der Waals surface area contributed by atoms with Gasteiger partial charge in [0.1, 0.15) is 10.0 Å². The van der Waals surface area contributed by atoms with Crippen LogP contribution in [0.5, 0.6) is 0 Å². The summed E-state index contributed by atoms with van der Waals surface area (Å²) < 4.78 is 1.23. The predicted octanol–water partition coefficient (Wildman–Crippen LogP) is 2.58. The molecule has 0 fully saturated rings. The van der Waals surface area contributed by atoms with E-state index in [1.807, 2.05) is 6.07 Å². The van der Waals surface area contributed by atoms with E-state index in [1.165, 1.54) is 9.13 Å². The summed E-state index contributed by atoms with van der Waals surface area (Å²) in [5, 5.41) is 9.99. The summed E-state index contributed by atoms with van der Waals surface area (Å²) >= 11 is 3.89. The molecular formula is C10H10IN3S. The van der Waals surface area contributed by atoms with E-state index in [4.69, 9.17) is 5.73 Å². The number of halogens is 1. The van der Waals surface area contributed by atoms with E-state index in [0.717, 1.165) is 15.6 Å². The fourth-order valence-corrected chi connectivity index (χ4v) is 2.81. The average Bonchev–Trinajstić information content (AvgIpc) is 2.70. The van der Waals surface area contributed by atoms with Crippen LogP contribution in [0.1, 0.15) is 10.6 Å². The van der Waals surface area contributed by atoms with Gasteiger partial charge in [-0.1, -0.05) is 29.5 Å². The van der Waals surface area contributed by atoms with Crippen molar-refractivity contribution in [2.75, 3.05) is 0 Å². The first-order valence-electron chi connectivity index (χ1n) is 4.50. The third-order valence-electron chi connectivity index (χ3n) is 2.06. The SMILES string of the molecule is Cc1cccc(-c2nnc(CN)s2)c1I. The van der Waals surface area contributed by atoms with E-state index >= 15 is 0 Å². The number of aromatic nitrogens is 2. The van der Waals surface area contributed by atoms with Gasteiger partial charge in [-0.25, -0.2) is 0 Å². The van der Waals surface area contributed by atoms with Gasteiger partial charge < -0.3 is 5.73 Å². The summed E-state index contributed by atoms with van der Waals surface area (Å²) in [6.07, 6.45) is 0. The Morgan fingerprint density at radius 1 is 1.40 bits per heavy atom. The molecule has 2 rings (SSSR count). The van der Waals surface area contributed by atoms with Crippen LogP contribution in [0.15, 0.2) is 18.2 Å². The molecule has 0 spiro atoms. The topological polar surface area (TPSA) is 51.8 Å². The number of nitrogens with two attached hydrogens (primary N) is 1. The second-order valence-corrected chi connectivity index (χ2v) is 5.28. The highest BCUT2D eigenvalue weighted by Crippen LogP contribution is 2.29. The van der Waals surface area contributed by atoms with Gasteiger partial charge in [0.15, 0.2) is 0 Å². The normalized spacial score (nSPS) is 10.6. The maximum atomic E-state index is 5.52. The number of nitrogens with zero attached hydrogens (tertiary/aromatic N) is 2. The van der Waals surface area contributed by atoms with Crippen molar-refractivity contribution < 1.29 is 0 Å². The van der Waals surface area contributed by atoms with Crippen LogP contribution in [0, 0.1) is 10.5 Å². The third kappa shape index (κ3) is 2.19. The van der Waals surface area contributed by atoms with Gasteiger partial charge in [0.25, 0.3) is 0 Å². The molecule has 0 saturated heterocycles. The molecule has 0 saturated carbocycles. The Balaban J connectivity index is 2.49. The fraction of sp³-hybridized carbons (Fsp3) is 0.200. The van der Waals surface area contributed by atoms with Crippen molar-refractivity contribution in [3.05, 3.63) is 32.3 Å². The Kier molecular flexibility index (Phi) is 3.32. The van der Waals surface area contributed by atoms with Crippen molar-refractivity contribution >= 4 is 33.9 Å². The Hall–Kier alpha value is -0.530.